The Morgan fingerprint density at radius 3 is 2.70 bits per heavy atom. The molecule has 5 nitrogen and oxygen atoms in total. The summed E-state index contributed by atoms with van der Waals surface area (Å²) in [6.45, 7) is 2.90. The first-order chi connectivity index (χ1) is 16.2. The zero-order chi connectivity index (χ0) is 22.6. The molecule has 1 aliphatic heterocycles. The molecule has 1 aliphatic rings. The van der Waals surface area contributed by atoms with E-state index in [1.165, 1.54) is 27.8 Å². The summed E-state index contributed by atoms with van der Waals surface area (Å²) in [4.78, 5) is 16.4. The Morgan fingerprint density at radius 1 is 1.06 bits per heavy atom. The molecular formula is C26H26N4OS2. The molecule has 1 amide bonds. The monoisotopic (exact) mass is 474 g/mol. The maximum atomic E-state index is 13.2. The molecule has 0 bridgehead atoms. The number of aryl methyl sites for hydroxylation is 1. The van der Waals surface area contributed by atoms with Crippen molar-refractivity contribution in [2.45, 2.75) is 43.9 Å². The van der Waals surface area contributed by atoms with Gasteiger partial charge in [-0.25, -0.2) is 0 Å². The van der Waals surface area contributed by atoms with Crippen LogP contribution in [0.4, 0.5) is 5.69 Å². The summed E-state index contributed by atoms with van der Waals surface area (Å²) < 4.78 is 2.19. The van der Waals surface area contributed by atoms with Crippen LogP contribution in [0.1, 0.15) is 28.8 Å². The highest BCUT2D eigenvalue weighted by atomic mass is 32.2. The summed E-state index contributed by atoms with van der Waals surface area (Å²) in [7, 11) is 0. The third-order valence-electron chi connectivity index (χ3n) is 5.97. The van der Waals surface area contributed by atoms with E-state index < -0.39 is 0 Å². The number of amides is 1. The SMILES string of the molecule is CC1Cc2ccccc2N1C(=O)CSc1nnc(Cc2cccs2)n1CCc1ccccc1. The minimum atomic E-state index is 0.120. The van der Waals surface area contributed by atoms with Crippen molar-refractivity contribution in [3.63, 3.8) is 0 Å². The van der Waals surface area contributed by atoms with Crippen LogP contribution in [0.25, 0.3) is 0 Å². The van der Waals surface area contributed by atoms with Crippen LogP contribution in [0.15, 0.2) is 77.3 Å². The van der Waals surface area contributed by atoms with Gasteiger partial charge in [-0.3, -0.25) is 4.79 Å². The van der Waals surface area contributed by atoms with Gasteiger partial charge in [-0.05, 0) is 48.4 Å². The largest absolute Gasteiger partial charge is 0.308 e. The molecule has 168 valence electrons. The lowest BCUT2D eigenvalue weighted by atomic mass is 10.1. The topological polar surface area (TPSA) is 51.0 Å². The number of nitrogens with zero attached hydrogens (tertiary/aromatic N) is 4. The number of hydrogen-bond acceptors (Lipinski definition) is 5. The third kappa shape index (κ3) is 4.89. The van der Waals surface area contributed by atoms with Crippen LogP contribution in [-0.4, -0.2) is 32.5 Å². The fourth-order valence-corrected chi connectivity index (χ4v) is 5.92. The quantitative estimate of drug-likeness (QED) is 0.328. The number of rotatable bonds is 8. The van der Waals surface area contributed by atoms with E-state index >= 15 is 0 Å². The van der Waals surface area contributed by atoms with E-state index in [0.717, 1.165) is 42.5 Å². The van der Waals surface area contributed by atoms with E-state index in [0.29, 0.717) is 5.75 Å². The van der Waals surface area contributed by atoms with Gasteiger partial charge in [-0.1, -0.05) is 66.4 Å². The highest BCUT2D eigenvalue weighted by Crippen LogP contribution is 2.33. The maximum absolute atomic E-state index is 13.2. The summed E-state index contributed by atoms with van der Waals surface area (Å²) in [5.74, 6) is 1.42. The molecule has 0 fully saturated rings. The molecule has 3 heterocycles. The van der Waals surface area contributed by atoms with Crippen molar-refractivity contribution in [1.29, 1.82) is 0 Å². The minimum absolute atomic E-state index is 0.120. The molecule has 4 aromatic rings. The van der Waals surface area contributed by atoms with E-state index in [1.807, 2.05) is 29.2 Å². The van der Waals surface area contributed by atoms with Crippen LogP contribution in [0.3, 0.4) is 0 Å². The van der Waals surface area contributed by atoms with E-state index in [-0.39, 0.29) is 11.9 Å². The summed E-state index contributed by atoms with van der Waals surface area (Å²) in [5, 5.41) is 11.9. The molecule has 0 aliphatic carbocycles. The second-order valence-electron chi connectivity index (χ2n) is 8.28. The van der Waals surface area contributed by atoms with Crippen LogP contribution in [0.5, 0.6) is 0 Å². The lowest BCUT2D eigenvalue weighted by molar-refractivity contribution is -0.116. The Hall–Kier alpha value is -2.90. The summed E-state index contributed by atoms with van der Waals surface area (Å²) in [6.07, 6.45) is 2.56. The number of carbonyl (C=O) groups excluding carboxylic acids is 1. The van der Waals surface area contributed by atoms with Gasteiger partial charge < -0.3 is 9.47 Å². The van der Waals surface area contributed by atoms with E-state index in [2.05, 4.69) is 69.5 Å². The van der Waals surface area contributed by atoms with Gasteiger partial charge >= 0.3 is 0 Å². The number of hydrogen-bond donors (Lipinski definition) is 0. The van der Waals surface area contributed by atoms with Gasteiger partial charge in [0.2, 0.25) is 5.91 Å². The van der Waals surface area contributed by atoms with Gasteiger partial charge in [0.15, 0.2) is 5.16 Å². The predicted octanol–water partition coefficient (Wildman–Crippen LogP) is 5.24. The van der Waals surface area contributed by atoms with Crippen LogP contribution in [0.2, 0.25) is 0 Å². The average molecular weight is 475 g/mol. The van der Waals surface area contributed by atoms with Gasteiger partial charge in [-0.15, -0.1) is 21.5 Å². The third-order valence-corrected chi connectivity index (χ3v) is 7.80. The molecule has 2 aromatic carbocycles. The number of fused-ring (bicyclic) bond motifs is 1. The highest BCUT2D eigenvalue weighted by Gasteiger charge is 2.30. The first-order valence-electron chi connectivity index (χ1n) is 11.2. The molecule has 33 heavy (non-hydrogen) atoms. The molecule has 1 unspecified atom stereocenters. The maximum Gasteiger partial charge on any atom is 0.237 e. The molecule has 2 aromatic heterocycles. The molecule has 0 N–H and O–H groups in total. The Bertz CT molecular complexity index is 1220. The summed E-state index contributed by atoms with van der Waals surface area (Å²) >= 11 is 3.22. The van der Waals surface area contributed by atoms with Gasteiger partial charge in [0.05, 0.1) is 5.75 Å². The fraction of sp³-hybridized carbons (Fsp3) is 0.269. The number of aromatic nitrogens is 3. The van der Waals surface area contributed by atoms with Crippen molar-refractivity contribution in [3.05, 3.63) is 93.9 Å². The van der Waals surface area contributed by atoms with Gasteiger partial charge in [-0.2, -0.15) is 0 Å². The van der Waals surface area contributed by atoms with Crippen LogP contribution < -0.4 is 4.90 Å². The Kier molecular flexibility index (Phi) is 6.60. The number of thioether (sulfide) groups is 1. The second kappa shape index (κ2) is 9.93. The second-order valence-corrected chi connectivity index (χ2v) is 10.3. The normalized spacial score (nSPS) is 15.1. The number of carbonyl (C=O) groups is 1. The van der Waals surface area contributed by atoms with Crippen molar-refractivity contribution in [1.82, 2.24) is 14.8 Å². The highest BCUT2D eigenvalue weighted by molar-refractivity contribution is 7.99. The Balaban J connectivity index is 1.32. The van der Waals surface area contributed by atoms with Crippen molar-refractivity contribution in [2.75, 3.05) is 10.7 Å². The number of para-hydroxylation sites is 1. The lowest BCUT2D eigenvalue weighted by Gasteiger charge is -2.22. The Labute approximate surface area is 202 Å². The van der Waals surface area contributed by atoms with Crippen LogP contribution in [-0.2, 0) is 30.6 Å². The predicted molar refractivity (Wildman–Crippen MR) is 135 cm³/mol. The summed E-state index contributed by atoms with van der Waals surface area (Å²) in [6, 6.07) is 23.0. The van der Waals surface area contributed by atoms with Crippen molar-refractivity contribution in [2.24, 2.45) is 0 Å². The first-order valence-corrected chi connectivity index (χ1v) is 13.1. The fourth-order valence-electron chi connectivity index (χ4n) is 4.38. The van der Waals surface area contributed by atoms with Crippen LogP contribution in [0, 0.1) is 0 Å². The van der Waals surface area contributed by atoms with Gasteiger partial charge in [0.25, 0.3) is 0 Å². The van der Waals surface area contributed by atoms with E-state index in [9.17, 15) is 4.79 Å². The van der Waals surface area contributed by atoms with E-state index in [1.54, 1.807) is 11.3 Å². The molecular weight excluding hydrogens is 448 g/mol. The number of anilines is 1. The molecule has 0 spiro atoms. The van der Waals surface area contributed by atoms with Crippen molar-refractivity contribution < 1.29 is 4.79 Å². The zero-order valence-corrected chi connectivity index (χ0v) is 20.2. The molecule has 0 saturated carbocycles. The smallest absolute Gasteiger partial charge is 0.237 e. The molecule has 0 radical (unpaired) electrons. The minimum Gasteiger partial charge on any atom is -0.308 e. The standard InChI is InChI=1S/C26H26N4OS2/c1-19-16-21-10-5-6-12-23(21)30(19)25(31)18-33-26-28-27-24(17-22-11-7-15-32-22)29(26)14-13-20-8-3-2-4-9-20/h2-12,15,19H,13-14,16-18H2,1H3. The zero-order valence-electron chi connectivity index (χ0n) is 18.6. The number of thiophene rings is 1. The van der Waals surface area contributed by atoms with Gasteiger partial charge in [0.1, 0.15) is 5.82 Å². The average Bonchev–Trinajstić information content (AvgIpc) is 3.56. The molecule has 0 saturated heterocycles. The number of benzene rings is 2. The molecule has 5 rings (SSSR count). The van der Waals surface area contributed by atoms with Crippen LogP contribution >= 0.6 is 23.1 Å². The van der Waals surface area contributed by atoms with Crippen molar-refractivity contribution in [3.8, 4) is 0 Å². The molecule has 7 heteroatoms. The first kappa shape index (κ1) is 21.9. The Morgan fingerprint density at radius 2 is 1.88 bits per heavy atom. The van der Waals surface area contributed by atoms with Gasteiger partial charge in [0, 0.05) is 29.6 Å². The molecule has 1 atom stereocenters. The van der Waals surface area contributed by atoms with Crippen molar-refractivity contribution >= 4 is 34.7 Å². The lowest BCUT2D eigenvalue weighted by Crippen LogP contribution is -2.37. The van der Waals surface area contributed by atoms with E-state index in [4.69, 9.17) is 0 Å². The summed E-state index contributed by atoms with van der Waals surface area (Å²) in [5.41, 5.74) is 3.56.